The summed E-state index contributed by atoms with van der Waals surface area (Å²) in [6.07, 6.45) is 2.75. The van der Waals surface area contributed by atoms with Crippen molar-refractivity contribution in [1.82, 2.24) is 10.2 Å². The molecule has 0 amide bonds. The number of nitrogens with zero attached hydrogens (tertiary/aromatic N) is 1. The van der Waals surface area contributed by atoms with Crippen LogP contribution < -0.4 is 5.32 Å². The lowest BCUT2D eigenvalue weighted by Crippen LogP contribution is -2.37. The van der Waals surface area contributed by atoms with Crippen molar-refractivity contribution in [1.29, 1.82) is 0 Å². The van der Waals surface area contributed by atoms with Gasteiger partial charge in [-0.05, 0) is 18.8 Å². The topological polar surface area (TPSA) is 24.5 Å². The van der Waals surface area contributed by atoms with Crippen LogP contribution in [0.4, 0.5) is 0 Å². The van der Waals surface area contributed by atoms with E-state index in [-0.39, 0.29) is 0 Å². The number of methoxy groups -OCH3 is 1. The lowest BCUT2D eigenvalue weighted by Gasteiger charge is -2.24. The van der Waals surface area contributed by atoms with Crippen LogP contribution in [0.15, 0.2) is 0 Å². The molecule has 3 nitrogen and oxygen atoms in total. The molecular formula is C12H26N2O. The molecule has 1 aliphatic rings. The Morgan fingerprint density at radius 2 is 2.07 bits per heavy atom. The molecule has 1 aliphatic carbocycles. The number of hydrogen-bond acceptors (Lipinski definition) is 3. The zero-order valence-electron chi connectivity index (χ0n) is 10.5. The minimum Gasteiger partial charge on any atom is -0.383 e. The summed E-state index contributed by atoms with van der Waals surface area (Å²) in [6, 6.07) is 0.827. The average Bonchev–Trinajstić information content (AvgIpc) is 2.97. The summed E-state index contributed by atoms with van der Waals surface area (Å²) in [5, 5.41) is 3.55. The van der Waals surface area contributed by atoms with Gasteiger partial charge in [0.25, 0.3) is 0 Å². The molecule has 90 valence electrons. The van der Waals surface area contributed by atoms with Crippen LogP contribution in [-0.4, -0.2) is 50.8 Å². The first kappa shape index (κ1) is 12.9. The second-order valence-electron chi connectivity index (χ2n) is 4.92. The van der Waals surface area contributed by atoms with Gasteiger partial charge in [-0.3, -0.25) is 4.90 Å². The molecule has 0 aromatic heterocycles. The van der Waals surface area contributed by atoms with Gasteiger partial charge in [-0.25, -0.2) is 0 Å². The predicted molar refractivity (Wildman–Crippen MR) is 64.2 cm³/mol. The van der Waals surface area contributed by atoms with E-state index in [0.29, 0.717) is 0 Å². The first-order chi connectivity index (χ1) is 7.22. The van der Waals surface area contributed by atoms with E-state index in [0.717, 1.165) is 38.2 Å². The van der Waals surface area contributed by atoms with Crippen molar-refractivity contribution < 1.29 is 4.74 Å². The monoisotopic (exact) mass is 214 g/mol. The number of ether oxygens (including phenoxy) is 1. The summed E-state index contributed by atoms with van der Waals surface area (Å²) in [4.78, 5) is 2.49. The average molecular weight is 214 g/mol. The van der Waals surface area contributed by atoms with Crippen LogP contribution in [0.5, 0.6) is 0 Å². The van der Waals surface area contributed by atoms with Crippen molar-refractivity contribution in [3.8, 4) is 0 Å². The standard InChI is InChI=1S/C12H26N2O/c1-11(2)10-14(8-9-15-3)7-6-13-12-4-5-12/h11-13H,4-10H2,1-3H3. The van der Waals surface area contributed by atoms with Crippen molar-refractivity contribution in [2.24, 2.45) is 5.92 Å². The molecule has 0 aliphatic heterocycles. The molecule has 3 heteroatoms. The fraction of sp³-hybridized carbons (Fsp3) is 1.00. The molecular weight excluding hydrogens is 188 g/mol. The van der Waals surface area contributed by atoms with E-state index in [1.807, 2.05) is 0 Å². The third-order valence-corrected chi connectivity index (χ3v) is 2.67. The SMILES string of the molecule is COCCN(CCNC1CC1)CC(C)C. The maximum atomic E-state index is 5.13. The quantitative estimate of drug-likeness (QED) is 0.627. The summed E-state index contributed by atoms with van der Waals surface area (Å²) in [5.74, 6) is 0.739. The highest BCUT2D eigenvalue weighted by atomic mass is 16.5. The van der Waals surface area contributed by atoms with Gasteiger partial charge in [0, 0.05) is 39.3 Å². The van der Waals surface area contributed by atoms with Crippen LogP contribution in [0.2, 0.25) is 0 Å². The Hall–Kier alpha value is -0.120. The molecule has 0 heterocycles. The molecule has 15 heavy (non-hydrogen) atoms. The maximum absolute atomic E-state index is 5.13. The lowest BCUT2D eigenvalue weighted by molar-refractivity contribution is 0.140. The minimum absolute atomic E-state index is 0.739. The van der Waals surface area contributed by atoms with Crippen molar-refractivity contribution in [2.45, 2.75) is 32.7 Å². The van der Waals surface area contributed by atoms with E-state index in [1.165, 1.54) is 19.4 Å². The van der Waals surface area contributed by atoms with Crippen LogP contribution >= 0.6 is 0 Å². The molecule has 0 atom stereocenters. The van der Waals surface area contributed by atoms with Crippen molar-refractivity contribution in [2.75, 3.05) is 39.9 Å². The molecule has 1 rings (SSSR count). The molecule has 1 fully saturated rings. The minimum atomic E-state index is 0.739. The molecule has 0 saturated heterocycles. The Balaban J connectivity index is 2.08. The van der Waals surface area contributed by atoms with Gasteiger partial charge in [0.1, 0.15) is 0 Å². The highest BCUT2D eigenvalue weighted by molar-refractivity contribution is 4.81. The second kappa shape index (κ2) is 7.20. The molecule has 0 spiro atoms. The van der Waals surface area contributed by atoms with Crippen LogP contribution in [0.1, 0.15) is 26.7 Å². The van der Waals surface area contributed by atoms with E-state index in [1.54, 1.807) is 7.11 Å². The lowest BCUT2D eigenvalue weighted by atomic mass is 10.2. The molecule has 1 saturated carbocycles. The van der Waals surface area contributed by atoms with Gasteiger partial charge in [-0.1, -0.05) is 13.8 Å². The highest BCUT2D eigenvalue weighted by Gasteiger charge is 2.20. The van der Waals surface area contributed by atoms with Gasteiger partial charge in [-0.15, -0.1) is 0 Å². The van der Waals surface area contributed by atoms with Crippen LogP contribution in [0.3, 0.4) is 0 Å². The normalized spacial score (nSPS) is 16.6. The van der Waals surface area contributed by atoms with Gasteiger partial charge < -0.3 is 10.1 Å². The smallest absolute Gasteiger partial charge is 0.0589 e. The summed E-state index contributed by atoms with van der Waals surface area (Å²) in [5.41, 5.74) is 0. The molecule has 0 bridgehead atoms. The highest BCUT2D eigenvalue weighted by Crippen LogP contribution is 2.18. The molecule has 0 aromatic rings. The van der Waals surface area contributed by atoms with Gasteiger partial charge in [0.15, 0.2) is 0 Å². The van der Waals surface area contributed by atoms with Crippen molar-refractivity contribution in [3.05, 3.63) is 0 Å². The Morgan fingerprint density at radius 3 is 2.60 bits per heavy atom. The van der Waals surface area contributed by atoms with Crippen LogP contribution in [0.25, 0.3) is 0 Å². The number of rotatable bonds is 9. The van der Waals surface area contributed by atoms with Crippen molar-refractivity contribution in [3.63, 3.8) is 0 Å². The molecule has 0 unspecified atom stereocenters. The van der Waals surface area contributed by atoms with E-state index in [4.69, 9.17) is 4.74 Å². The summed E-state index contributed by atoms with van der Waals surface area (Å²) >= 11 is 0. The number of nitrogens with one attached hydrogen (secondary N) is 1. The van der Waals surface area contributed by atoms with E-state index in [9.17, 15) is 0 Å². The van der Waals surface area contributed by atoms with E-state index in [2.05, 4.69) is 24.1 Å². The van der Waals surface area contributed by atoms with Gasteiger partial charge in [0.2, 0.25) is 0 Å². The fourth-order valence-electron chi connectivity index (χ4n) is 1.75. The number of hydrogen-bond donors (Lipinski definition) is 1. The summed E-state index contributed by atoms with van der Waals surface area (Å²) < 4.78 is 5.13. The molecule has 0 radical (unpaired) electrons. The third-order valence-electron chi connectivity index (χ3n) is 2.67. The summed E-state index contributed by atoms with van der Waals surface area (Å²) in [6.45, 7) is 9.90. The van der Waals surface area contributed by atoms with E-state index < -0.39 is 0 Å². The Bertz CT molecular complexity index is 158. The molecule has 0 aromatic carbocycles. The third kappa shape index (κ3) is 6.88. The Kier molecular flexibility index (Phi) is 6.22. The predicted octanol–water partition coefficient (Wildman–Crippen LogP) is 1.34. The Morgan fingerprint density at radius 1 is 1.33 bits per heavy atom. The van der Waals surface area contributed by atoms with Crippen molar-refractivity contribution >= 4 is 0 Å². The maximum Gasteiger partial charge on any atom is 0.0589 e. The first-order valence-corrected chi connectivity index (χ1v) is 6.17. The zero-order valence-corrected chi connectivity index (χ0v) is 10.5. The first-order valence-electron chi connectivity index (χ1n) is 6.17. The van der Waals surface area contributed by atoms with Crippen LogP contribution in [-0.2, 0) is 4.74 Å². The second-order valence-corrected chi connectivity index (χ2v) is 4.92. The van der Waals surface area contributed by atoms with Gasteiger partial charge in [0.05, 0.1) is 6.61 Å². The zero-order chi connectivity index (χ0) is 11.1. The van der Waals surface area contributed by atoms with Crippen LogP contribution in [0, 0.1) is 5.92 Å². The largest absolute Gasteiger partial charge is 0.383 e. The fourth-order valence-corrected chi connectivity index (χ4v) is 1.75. The molecule has 1 N–H and O–H groups in total. The van der Waals surface area contributed by atoms with E-state index >= 15 is 0 Å². The summed E-state index contributed by atoms with van der Waals surface area (Å²) in [7, 11) is 1.77. The van der Waals surface area contributed by atoms with Gasteiger partial charge >= 0.3 is 0 Å². The Labute approximate surface area is 94.2 Å². The van der Waals surface area contributed by atoms with Gasteiger partial charge in [-0.2, -0.15) is 0 Å².